The first-order valence-electron chi connectivity index (χ1n) is 8.67. The Labute approximate surface area is 168 Å². The topological polar surface area (TPSA) is 54.2 Å². The van der Waals surface area contributed by atoms with E-state index in [0.29, 0.717) is 6.54 Å². The van der Waals surface area contributed by atoms with E-state index in [0.717, 1.165) is 37.6 Å². The number of halogens is 1. The standard InChI is InChI=1S/C19H29N5.HI/c1-5-20-19(21-13-9-12-17-10-7-6-8-11-17)22-14-18-15(2)23-24(4)16(18)3;/h6-8,10-11H,5,9,12-14H2,1-4H3,(H2,20,21,22);1H. The van der Waals surface area contributed by atoms with Crippen LogP contribution in [0.25, 0.3) is 0 Å². The van der Waals surface area contributed by atoms with Gasteiger partial charge in [0.05, 0.1) is 12.2 Å². The molecule has 0 atom stereocenters. The molecular formula is C19H30IN5. The Morgan fingerprint density at radius 3 is 2.48 bits per heavy atom. The molecule has 25 heavy (non-hydrogen) atoms. The molecule has 2 rings (SSSR count). The van der Waals surface area contributed by atoms with Crippen molar-refractivity contribution in [2.24, 2.45) is 12.0 Å². The molecule has 1 aromatic carbocycles. The van der Waals surface area contributed by atoms with Gasteiger partial charge >= 0.3 is 0 Å². The molecule has 6 heteroatoms. The summed E-state index contributed by atoms with van der Waals surface area (Å²) < 4.78 is 1.92. The number of hydrogen-bond donors (Lipinski definition) is 2. The van der Waals surface area contributed by atoms with E-state index in [2.05, 4.69) is 59.9 Å². The zero-order chi connectivity index (χ0) is 17.4. The molecule has 0 aliphatic heterocycles. The molecule has 0 radical (unpaired) electrons. The number of hydrogen-bond acceptors (Lipinski definition) is 2. The second-order valence-corrected chi connectivity index (χ2v) is 5.98. The van der Waals surface area contributed by atoms with Crippen LogP contribution in [0.1, 0.15) is 35.9 Å². The maximum absolute atomic E-state index is 4.70. The molecule has 2 N–H and O–H groups in total. The zero-order valence-electron chi connectivity index (χ0n) is 15.7. The Morgan fingerprint density at radius 1 is 1.16 bits per heavy atom. The Balaban J connectivity index is 0.00000312. The van der Waals surface area contributed by atoms with E-state index in [1.54, 1.807) is 0 Å². The monoisotopic (exact) mass is 455 g/mol. The van der Waals surface area contributed by atoms with Crippen molar-refractivity contribution >= 4 is 29.9 Å². The first kappa shape index (κ1) is 21.5. The van der Waals surface area contributed by atoms with Crippen LogP contribution in [0.15, 0.2) is 35.3 Å². The van der Waals surface area contributed by atoms with Gasteiger partial charge in [-0.2, -0.15) is 5.10 Å². The van der Waals surface area contributed by atoms with Gasteiger partial charge in [-0.25, -0.2) is 4.99 Å². The van der Waals surface area contributed by atoms with Crippen molar-refractivity contribution in [3.8, 4) is 0 Å². The summed E-state index contributed by atoms with van der Waals surface area (Å²) >= 11 is 0. The fraction of sp³-hybridized carbons (Fsp3) is 0.474. The highest BCUT2D eigenvalue weighted by atomic mass is 127. The zero-order valence-corrected chi connectivity index (χ0v) is 18.0. The summed E-state index contributed by atoms with van der Waals surface area (Å²) in [6.07, 6.45) is 2.16. The highest BCUT2D eigenvalue weighted by molar-refractivity contribution is 14.0. The van der Waals surface area contributed by atoms with Crippen LogP contribution in [0.2, 0.25) is 0 Å². The molecule has 0 unspecified atom stereocenters. The van der Waals surface area contributed by atoms with Crippen molar-refractivity contribution in [1.29, 1.82) is 0 Å². The molecule has 1 heterocycles. The SMILES string of the molecule is CCNC(=NCc1c(C)nn(C)c1C)NCCCc1ccccc1.I. The van der Waals surface area contributed by atoms with E-state index < -0.39 is 0 Å². The lowest BCUT2D eigenvalue weighted by atomic mass is 10.1. The number of guanidine groups is 1. The van der Waals surface area contributed by atoms with Crippen molar-refractivity contribution in [1.82, 2.24) is 20.4 Å². The summed E-state index contributed by atoms with van der Waals surface area (Å²) in [5.41, 5.74) is 4.82. The summed E-state index contributed by atoms with van der Waals surface area (Å²) in [7, 11) is 1.97. The number of nitrogens with one attached hydrogen (secondary N) is 2. The second-order valence-electron chi connectivity index (χ2n) is 5.98. The quantitative estimate of drug-likeness (QED) is 0.292. The van der Waals surface area contributed by atoms with E-state index in [4.69, 9.17) is 4.99 Å². The summed E-state index contributed by atoms with van der Waals surface area (Å²) in [6, 6.07) is 10.6. The number of aryl methyl sites for hydroxylation is 3. The third kappa shape index (κ3) is 6.68. The molecule has 0 spiro atoms. The second kappa shape index (κ2) is 11.1. The lowest BCUT2D eigenvalue weighted by Crippen LogP contribution is -2.37. The van der Waals surface area contributed by atoms with Crippen LogP contribution >= 0.6 is 24.0 Å². The van der Waals surface area contributed by atoms with Crippen molar-refractivity contribution in [2.75, 3.05) is 13.1 Å². The van der Waals surface area contributed by atoms with Crippen molar-refractivity contribution in [3.63, 3.8) is 0 Å². The van der Waals surface area contributed by atoms with Crippen LogP contribution in [-0.2, 0) is 20.0 Å². The molecule has 0 aliphatic rings. The van der Waals surface area contributed by atoms with E-state index in [1.807, 2.05) is 18.7 Å². The first-order valence-corrected chi connectivity index (χ1v) is 8.67. The summed E-state index contributed by atoms with van der Waals surface area (Å²) in [6.45, 7) is 8.63. The van der Waals surface area contributed by atoms with Gasteiger partial charge in [-0.3, -0.25) is 4.68 Å². The highest BCUT2D eigenvalue weighted by Gasteiger charge is 2.08. The molecule has 0 amide bonds. The van der Waals surface area contributed by atoms with Crippen LogP contribution in [0.3, 0.4) is 0 Å². The largest absolute Gasteiger partial charge is 0.357 e. The predicted octanol–water partition coefficient (Wildman–Crippen LogP) is 3.34. The van der Waals surface area contributed by atoms with E-state index in [-0.39, 0.29) is 24.0 Å². The van der Waals surface area contributed by atoms with Crippen LogP contribution in [0.5, 0.6) is 0 Å². The summed E-state index contributed by atoms with van der Waals surface area (Å²) in [5, 5.41) is 11.2. The van der Waals surface area contributed by atoms with Crippen molar-refractivity contribution < 1.29 is 0 Å². The number of benzene rings is 1. The molecule has 5 nitrogen and oxygen atoms in total. The first-order chi connectivity index (χ1) is 11.6. The number of aliphatic imine (C=N–C) groups is 1. The minimum Gasteiger partial charge on any atom is -0.357 e. The molecule has 0 fully saturated rings. The molecule has 2 aromatic rings. The van der Waals surface area contributed by atoms with E-state index >= 15 is 0 Å². The maximum Gasteiger partial charge on any atom is 0.191 e. The Kier molecular flexibility index (Phi) is 9.55. The predicted molar refractivity (Wildman–Crippen MR) is 116 cm³/mol. The van der Waals surface area contributed by atoms with Crippen LogP contribution in [-0.4, -0.2) is 28.8 Å². The third-order valence-corrected chi connectivity index (χ3v) is 4.18. The van der Waals surface area contributed by atoms with Crippen molar-refractivity contribution in [3.05, 3.63) is 52.8 Å². The Hall–Kier alpha value is -1.57. The average Bonchev–Trinajstić information content (AvgIpc) is 2.82. The third-order valence-electron chi connectivity index (χ3n) is 4.18. The van der Waals surface area contributed by atoms with Gasteiger partial charge < -0.3 is 10.6 Å². The molecule has 138 valence electrons. The van der Waals surface area contributed by atoms with Crippen LogP contribution in [0, 0.1) is 13.8 Å². The molecular weight excluding hydrogens is 425 g/mol. The Bertz CT molecular complexity index is 664. The van der Waals surface area contributed by atoms with E-state index in [9.17, 15) is 0 Å². The fourth-order valence-electron chi connectivity index (χ4n) is 2.69. The summed E-state index contributed by atoms with van der Waals surface area (Å²) in [4.78, 5) is 4.70. The fourth-order valence-corrected chi connectivity index (χ4v) is 2.69. The van der Waals surface area contributed by atoms with Crippen LogP contribution in [0.4, 0.5) is 0 Å². The molecule has 0 bridgehead atoms. The van der Waals surface area contributed by atoms with Gasteiger partial charge in [0.1, 0.15) is 0 Å². The number of aromatic nitrogens is 2. The number of nitrogens with zero attached hydrogens (tertiary/aromatic N) is 3. The van der Waals surface area contributed by atoms with E-state index in [1.165, 1.54) is 16.8 Å². The van der Waals surface area contributed by atoms with Gasteiger partial charge in [0.2, 0.25) is 0 Å². The average molecular weight is 455 g/mol. The van der Waals surface area contributed by atoms with Gasteiger partial charge in [0, 0.05) is 31.4 Å². The molecule has 0 saturated heterocycles. The lowest BCUT2D eigenvalue weighted by Gasteiger charge is -2.11. The van der Waals surface area contributed by atoms with Crippen molar-refractivity contribution in [2.45, 2.75) is 40.2 Å². The van der Waals surface area contributed by atoms with Gasteiger partial charge in [-0.05, 0) is 39.2 Å². The minimum absolute atomic E-state index is 0. The van der Waals surface area contributed by atoms with Gasteiger partial charge in [-0.1, -0.05) is 30.3 Å². The number of rotatable bonds is 7. The van der Waals surface area contributed by atoms with Gasteiger partial charge in [-0.15, -0.1) is 24.0 Å². The highest BCUT2D eigenvalue weighted by Crippen LogP contribution is 2.12. The minimum atomic E-state index is 0. The Morgan fingerprint density at radius 2 is 1.88 bits per heavy atom. The molecule has 1 aromatic heterocycles. The normalized spacial score (nSPS) is 11.1. The molecule has 0 aliphatic carbocycles. The summed E-state index contributed by atoms with van der Waals surface area (Å²) in [5.74, 6) is 0.869. The lowest BCUT2D eigenvalue weighted by molar-refractivity contribution is 0.729. The maximum atomic E-state index is 4.70. The van der Waals surface area contributed by atoms with Gasteiger partial charge in [0.25, 0.3) is 0 Å². The molecule has 0 saturated carbocycles. The van der Waals surface area contributed by atoms with Crippen LogP contribution < -0.4 is 10.6 Å². The smallest absolute Gasteiger partial charge is 0.191 e. The van der Waals surface area contributed by atoms with Gasteiger partial charge in [0.15, 0.2) is 5.96 Å².